The van der Waals surface area contributed by atoms with Gasteiger partial charge in [-0.25, -0.2) is 0 Å². The first-order valence-corrected chi connectivity index (χ1v) is 10.1. The molecule has 0 aromatic heterocycles. The summed E-state index contributed by atoms with van der Waals surface area (Å²) in [7, 11) is 0. The average molecular weight is 423 g/mol. The van der Waals surface area contributed by atoms with E-state index in [2.05, 4.69) is 0 Å². The molecule has 0 unspecified atom stereocenters. The van der Waals surface area contributed by atoms with Gasteiger partial charge in [0.05, 0.1) is 9.83 Å². The maximum absolute atomic E-state index is 12.7. The predicted octanol–water partition coefficient (Wildman–Crippen LogP) is 3.22. The monoisotopic (exact) mass is 423 g/mol. The predicted molar refractivity (Wildman–Crippen MR) is 111 cm³/mol. The first-order valence-electron chi connectivity index (χ1n) is 9.27. The molecule has 0 bridgehead atoms. The van der Waals surface area contributed by atoms with Crippen molar-refractivity contribution >= 4 is 40.6 Å². The smallest absolute Gasteiger partial charge is 0.294 e. The number of hydrogen-bond acceptors (Lipinski definition) is 6. The number of benzene rings is 2. The Bertz CT molecular complexity index is 1080. The van der Waals surface area contributed by atoms with Crippen molar-refractivity contribution in [2.24, 2.45) is 0 Å². The first kappa shape index (κ1) is 19.8. The van der Waals surface area contributed by atoms with Gasteiger partial charge >= 0.3 is 0 Å². The molecule has 0 saturated carbocycles. The molecule has 2 aliphatic rings. The van der Waals surface area contributed by atoms with E-state index in [1.807, 2.05) is 24.3 Å². The largest absolute Gasteiger partial charge is 0.336 e. The van der Waals surface area contributed by atoms with Crippen LogP contribution in [0.2, 0.25) is 0 Å². The van der Waals surface area contributed by atoms with Crippen LogP contribution in [0.15, 0.2) is 53.4 Å². The van der Waals surface area contributed by atoms with Crippen LogP contribution in [0.25, 0.3) is 6.08 Å². The molecule has 0 spiro atoms. The fourth-order valence-electron chi connectivity index (χ4n) is 3.42. The fourth-order valence-corrected chi connectivity index (χ4v) is 4.26. The Morgan fingerprint density at radius 2 is 1.80 bits per heavy atom. The number of nitro benzene ring substituents is 1. The molecule has 4 rings (SSSR count). The highest BCUT2D eigenvalue weighted by Crippen LogP contribution is 2.32. The SMILES string of the molecule is O=C(CN1C(=O)S/C(=C/c2ccc([N+](=O)[O-])cc2)C1=O)N1CCc2ccccc2C1. The molecule has 0 atom stereocenters. The lowest BCUT2D eigenvalue weighted by molar-refractivity contribution is -0.384. The zero-order chi connectivity index (χ0) is 21.3. The van der Waals surface area contributed by atoms with Gasteiger partial charge in [0, 0.05) is 25.2 Å². The minimum absolute atomic E-state index is 0.0612. The quantitative estimate of drug-likeness (QED) is 0.425. The summed E-state index contributed by atoms with van der Waals surface area (Å²) in [4.78, 5) is 50.7. The molecule has 9 heteroatoms. The molecule has 0 aliphatic carbocycles. The summed E-state index contributed by atoms with van der Waals surface area (Å²) in [6.45, 7) is 0.707. The Morgan fingerprint density at radius 3 is 2.50 bits per heavy atom. The third-order valence-corrected chi connectivity index (χ3v) is 5.96. The molecule has 2 heterocycles. The molecule has 1 saturated heterocycles. The van der Waals surface area contributed by atoms with E-state index in [1.54, 1.807) is 4.90 Å². The van der Waals surface area contributed by atoms with Gasteiger partial charge < -0.3 is 4.90 Å². The first-order chi connectivity index (χ1) is 14.4. The fraction of sp³-hybridized carbons (Fsp3) is 0.190. The number of non-ortho nitro benzene ring substituents is 1. The van der Waals surface area contributed by atoms with Crippen molar-refractivity contribution in [1.29, 1.82) is 0 Å². The van der Waals surface area contributed by atoms with E-state index < -0.39 is 16.1 Å². The third-order valence-electron chi connectivity index (χ3n) is 5.05. The molecule has 2 aliphatic heterocycles. The van der Waals surface area contributed by atoms with Crippen LogP contribution in [0.1, 0.15) is 16.7 Å². The number of nitrogens with zero attached hydrogens (tertiary/aromatic N) is 3. The Kier molecular flexibility index (Phi) is 5.37. The molecule has 1 fully saturated rings. The van der Waals surface area contributed by atoms with E-state index in [4.69, 9.17) is 0 Å². The Morgan fingerprint density at radius 1 is 1.10 bits per heavy atom. The third kappa shape index (κ3) is 3.97. The van der Waals surface area contributed by atoms with Gasteiger partial charge in [-0.05, 0) is 53.1 Å². The van der Waals surface area contributed by atoms with Crippen LogP contribution < -0.4 is 0 Å². The standard InChI is InChI=1S/C21H17N3O5S/c25-19(22-10-9-15-3-1-2-4-16(15)12-22)13-23-20(26)18(30-21(23)27)11-14-5-7-17(8-6-14)24(28)29/h1-8,11H,9-10,12-13H2/b18-11+. The van der Waals surface area contributed by atoms with Crippen molar-refractivity contribution in [2.75, 3.05) is 13.1 Å². The van der Waals surface area contributed by atoms with Crippen molar-refractivity contribution < 1.29 is 19.3 Å². The Balaban J connectivity index is 1.44. The molecule has 152 valence electrons. The summed E-state index contributed by atoms with van der Waals surface area (Å²) in [6, 6.07) is 13.6. The number of hydrogen-bond donors (Lipinski definition) is 0. The number of carbonyl (C=O) groups is 3. The van der Waals surface area contributed by atoms with Crippen LogP contribution in [-0.4, -0.2) is 44.9 Å². The number of imide groups is 1. The second-order valence-corrected chi connectivity index (χ2v) is 7.94. The van der Waals surface area contributed by atoms with Gasteiger partial charge in [0.15, 0.2) is 0 Å². The van der Waals surface area contributed by atoms with E-state index in [0.29, 0.717) is 18.7 Å². The second-order valence-electron chi connectivity index (χ2n) is 6.95. The van der Waals surface area contributed by atoms with Crippen molar-refractivity contribution in [2.45, 2.75) is 13.0 Å². The Hall–Kier alpha value is -3.46. The molecule has 2 aromatic carbocycles. The molecule has 0 radical (unpaired) electrons. The van der Waals surface area contributed by atoms with Crippen molar-refractivity contribution in [1.82, 2.24) is 9.80 Å². The zero-order valence-electron chi connectivity index (χ0n) is 15.8. The molecule has 8 nitrogen and oxygen atoms in total. The molecular formula is C21H17N3O5S. The van der Waals surface area contributed by atoms with E-state index in [0.717, 1.165) is 28.6 Å². The normalized spacial score (nSPS) is 17.4. The molecule has 0 N–H and O–H groups in total. The minimum Gasteiger partial charge on any atom is -0.336 e. The maximum Gasteiger partial charge on any atom is 0.294 e. The van der Waals surface area contributed by atoms with Crippen molar-refractivity contribution in [3.63, 3.8) is 0 Å². The topological polar surface area (TPSA) is 101 Å². The van der Waals surface area contributed by atoms with Crippen LogP contribution in [0.4, 0.5) is 10.5 Å². The second kappa shape index (κ2) is 8.11. The number of rotatable bonds is 4. The summed E-state index contributed by atoms with van der Waals surface area (Å²) in [5.41, 5.74) is 2.78. The van der Waals surface area contributed by atoms with Gasteiger partial charge in [0.2, 0.25) is 5.91 Å². The van der Waals surface area contributed by atoms with Crippen LogP contribution in [0.5, 0.6) is 0 Å². The summed E-state index contributed by atoms with van der Waals surface area (Å²) in [5, 5.41) is 10.2. The van der Waals surface area contributed by atoms with Crippen LogP contribution in [0.3, 0.4) is 0 Å². The van der Waals surface area contributed by atoms with Gasteiger partial charge in [0.25, 0.3) is 16.8 Å². The molecule has 30 heavy (non-hydrogen) atoms. The van der Waals surface area contributed by atoms with Gasteiger partial charge in [-0.2, -0.15) is 0 Å². The molecular weight excluding hydrogens is 406 g/mol. The summed E-state index contributed by atoms with van der Waals surface area (Å²) in [6.07, 6.45) is 2.24. The van der Waals surface area contributed by atoms with E-state index in [9.17, 15) is 24.5 Å². The lowest BCUT2D eigenvalue weighted by Crippen LogP contribution is -2.44. The highest BCUT2D eigenvalue weighted by Gasteiger charge is 2.37. The highest BCUT2D eigenvalue weighted by molar-refractivity contribution is 8.18. The van der Waals surface area contributed by atoms with Gasteiger partial charge in [0.1, 0.15) is 6.54 Å². The Labute approximate surface area is 176 Å². The lowest BCUT2D eigenvalue weighted by Gasteiger charge is -2.29. The number of nitro groups is 1. The van der Waals surface area contributed by atoms with Crippen molar-refractivity contribution in [3.05, 3.63) is 80.2 Å². The van der Waals surface area contributed by atoms with Gasteiger partial charge in [-0.15, -0.1) is 0 Å². The minimum atomic E-state index is -0.533. The van der Waals surface area contributed by atoms with E-state index in [1.165, 1.54) is 35.9 Å². The van der Waals surface area contributed by atoms with Gasteiger partial charge in [-0.3, -0.25) is 29.4 Å². The number of thioether (sulfide) groups is 1. The van der Waals surface area contributed by atoms with Crippen LogP contribution in [-0.2, 0) is 22.6 Å². The number of fused-ring (bicyclic) bond motifs is 1. The zero-order valence-corrected chi connectivity index (χ0v) is 16.6. The maximum atomic E-state index is 12.7. The summed E-state index contributed by atoms with van der Waals surface area (Å²) in [5.74, 6) is -0.808. The van der Waals surface area contributed by atoms with Crippen LogP contribution in [0, 0.1) is 10.1 Å². The highest BCUT2D eigenvalue weighted by atomic mass is 32.2. The number of amides is 3. The van der Waals surface area contributed by atoms with Gasteiger partial charge in [-0.1, -0.05) is 24.3 Å². The summed E-state index contributed by atoms with van der Waals surface area (Å²) < 4.78 is 0. The lowest BCUT2D eigenvalue weighted by atomic mass is 10.00. The number of carbonyl (C=O) groups excluding carboxylic acids is 3. The molecule has 2 aromatic rings. The van der Waals surface area contributed by atoms with E-state index >= 15 is 0 Å². The van der Waals surface area contributed by atoms with E-state index in [-0.39, 0.29) is 23.0 Å². The van der Waals surface area contributed by atoms with Crippen molar-refractivity contribution in [3.8, 4) is 0 Å². The molecule has 3 amide bonds. The summed E-state index contributed by atoms with van der Waals surface area (Å²) >= 11 is 0.758. The van der Waals surface area contributed by atoms with Crippen LogP contribution >= 0.6 is 11.8 Å². The average Bonchev–Trinajstić information content (AvgIpc) is 3.01.